The molecular weight excluding hydrogens is 158 g/mol. The molecule has 0 saturated carbocycles. The molecule has 1 aliphatic rings. The second kappa shape index (κ2) is 5.03. The first-order valence-corrected chi connectivity index (χ1v) is 4.97. The summed E-state index contributed by atoms with van der Waals surface area (Å²) in [6.07, 6.45) is 8.72. The highest BCUT2D eigenvalue weighted by atomic mass is 15.1. The van der Waals surface area contributed by atoms with Gasteiger partial charge >= 0.3 is 0 Å². The molecule has 0 N–H and O–H groups in total. The van der Waals surface area contributed by atoms with E-state index in [1.165, 1.54) is 11.1 Å². The molecule has 0 radical (unpaired) electrons. The minimum atomic E-state index is 1.07. The molecule has 0 spiro atoms. The summed E-state index contributed by atoms with van der Waals surface area (Å²) in [5, 5.41) is 0. The smallest absolute Gasteiger partial charge is 0.0233 e. The molecule has 1 aliphatic heterocycles. The normalized spacial score (nSPS) is 19.8. The van der Waals surface area contributed by atoms with E-state index in [2.05, 4.69) is 37.6 Å². The highest BCUT2D eigenvalue weighted by Gasteiger charge is 2.11. The Morgan fingerprint density at radius 1 is 1.46 bits per heavy atom. The second-order valence-corrected chi connectivity index (χ2v) is 3.55. The third-order valence-electron chi connectivity index (χ3n) is 2.42. The first-order valence-electron chi connectivity index (χ1n) is 4.97. The van der Waals surface area contributed by atoms with E-state index in [1.807, 2.05) is 6.08 Å². The first-order chi connectivity index (χ1) is 6.27. The Morgan fingerprint density at radius 2 is 2.23 bits per heavy atom. The zero-order valence-electron chi connectivity index (χ0n) is 8.71. The van der Waals surface area contributed by atoms with Gasteiger partial charge in [0.05, 0.1) is 0 Å². The number of likely N-dealkylation sites (N-methyl/N-ethyl adjacent to an activating group) is 1. The fourth-order valence-electron chi connectivity index (χ4n) is 1.60. The van der Waals surface area contributed by atoms with Crippen molar-refractivity contribution in [3.8, 4) is 0 Å². The molecule has 0 aromatic heterocycles. The molecule has 0 amide bonds. The van der Waals surface area contributed by atoms with E-state index in [0.29, 0.717) is 0 Å². The average molecular weight is 177 g/mol. The van der Waals surface area contributed by atoms with E-state index in [0.717, 1.165) is 25.9 Å². The molecule has 1 heteroatoms. The Kier molecular flexibility index (Phi) is 3.97. The number of nitrogens with zero attached hydrogens (tertiary/aromatic N) is 1. The molecule has 0 aliphatic carbocycles. The quantitative estimate of drug-likeness (QED) is 0.640. The van der Waals surface area contributed by atoms with Crippen molar-refractivity contribution in [1.82, 2.24) is 4.90 Å². The summed E-state index contributed by atoms with van der Waals surface area (Å²) in [5.74, 6) is 0. The van der Waals surface area contributed by atoms with Crippen molar-refractivity contribution in [2.24, 2.45) is 0 Å². The molecule has 0 fully saturated rings. The minimum absolute atomic E-state index is 1.07. The van der Waals surface area contributed by atoms with Crippen LogP contribution in [0.3, 0.4) is 0 Å². The van der Waals surface area contributed by atoms with Crippen molar-refractivity contribution in [3.63, 3.8) is 0 Å². The highest BCUT2D eigenvalue weighted by Crippen LogP contribution is 2.18. The van der Waals surface area contributed by atoms with Gasteiger partial charge in [-0.2, -0.15) is 0 Å². The second-order valence-electron chi connectivity index (χ2n) is 3.55. The average Bonchev–Trinajstić information content (AvgIpc) is 2.15. The van der Waals surface area contributed by atoms with E-state index in [-0.39, 0.29) is 0 Å². The zero-order chi connectivity index (χ0) is 9.68. The summed E-state index contributed by atoms with van der Waals surface area (Å²) in [6.45, 7) is 8.25. The monoisotopic (exact) mass is 177 g/mol. The predicted molar refractivity (Wildman–Crippen MR) is 58.8 cm³/mol. The van der Waals surface area contributed by atoms with Gasteiger partial charge in [-0.05, 0) is 31.0 Å². The van der Waals surface area contributed by atoms with Crippen molar-refractivity contribution >= 4 is 0 Å². The van der Waals surface area contributed by atoms with E-state index >= 15 is 0 Å². The topological polar surface area (TPSA) is 3.24 Å². The molecule has 0 unspecified atom stereocenters. The van der Waals surface area contributed by atoms with Crippen LogP contribution in [0.4, 0.5) is 0 Å². The van der Waals surface area contributed by atoms with Crippen LogP contribution in [0.25, 0.3) is 0 Å². The lowest BCUT2D eigenvalue weighted by Crippen LogP contribution is -2.26. The molecule has 0 aromatic carbocycles. The summed E-state index contributed by atoms with van der Waals surface area (Å²) in [6, 6.07) is 0. The largest absolute Gasteiger partial charge is 0.302 e. The van der Waals surface area contributed by atoms with Crippen molar-refractivity contribution in [2.75, 3.05) is 20.1 Å². The van der Waals surface area contributed by atoms with Crippen LogP contribution >= 0.6 is 0 Å². The summed E-state index contributed by atoms with van der Waals surface area (Å²) in [7, 11) is 2.17. The van der Waals surface area contributed by atoms with Crippen molar-refractivity contribution < 1.29 is 0 Å². The third kappa shape index (κ3) is 2.85. The lowest BCUT2D eigenvalue weighted by Gasteiger charge is -2.24. The van der Waals surface area contributed by atoms with Crippen LogP contribution in [0.15, 0.2) is 36.0 Å². The Morgan fingerprint density at radius 3 is 2.85 bits per heavy atom. The van der Waals surface area contributed by atoms with Gasteiger partial charge in [-0.25, -0.2) is 0 Å². The van der Waals surface area contributed by atoms with Gasteiger partial charge in [0.1, 0.15) is 0 Å². The van der Waals surface area contributed by atoms with E-state index in [1.54, 1.807) is 0 Å². The molecule has 72 valence electrons. The van der Waals surface area contributed by atoms with Crippen LogP contribution in [0.2, 0.25) is 0 Å². The SMILES string of the molecule is C=CC1=C(/C=C\CC)CN(C)CC1. The van der Waals surface area contributed by atoms with Crippen molar-refractivity contribution in [1.29, 1.82) is 0 Å². The maximum atomic E-state index is 3.86. The minimum Gasteiger partial charge on any atom is -0.302 e. The maximum absolute atomic E-state index is 3.86. The number of hydrogen-bond acceptors (Lipinski definition) is 1. The lowest BCUT2D eigenvalue weighted by molar-refractivity contribution is 0.354. The predicted octanol–water partition coefficient (Wildman–Crippen LogP) is 2.77. The van der Waals surface area contributed by atoms with Gasteiger partial charge in [-0.3, -0.25) is 0 Å². The molecule has 13 heavy (non-hydrogen) atoms. The molecule has 1 nitrogen and oxygen atoms in total. The Labute approximate surface area is 81.4 Å². The molecule has 0 aromatic rings. The van der Waals surface area contributed by atoms with Crippen LogP contribution in [-0.2, 0) is 0 Å². The lowest BCUT2D eigenvalue weighted by atomic mass is 10.00. The van der Waals surface area contributed by atoms with Gasteiger partial charge in [0.25, 0.3) is 0 Å². The van der Waals surface area contributed by atoms with Gasteiger partial charge in [0.2, 0.25) is 0 Å². The van der Waals surface area contributed by atoms with Crippen LogP contribution in [0.1, 0.15) is 19.8 Å². The maximum Gasteiger partial charge on any atom is 0.0233 e. The summed E-state index contributed by atoms with van der Waals surface area (Å²) in [4.78, 5) is 2.35. The van der Waals surface area contributed by atoms with Crippen molar-refractivity contribution in [2.45, 2.75) is 19.8 Å². The fourth-order valence-corrected chi connectivity index (χ4v) is 1.60. The van der Waals surface area contributed by atoms with Gasteiger partial charge in [-0.15, -0.1) is 0 Å². The van der Waals surface area contributed by atoms with Crippen LogP contribution in [0.5, 0.6) is 0 Å². The summed E-state index contributed by atoms with van der Waals surface area (Å²) >= 11 is 0. The molecule has 1 rings (SSSR count). The number of allylic oxidation sites excluding steroid dienone is 2. The molecule has 1 heterocycles. The Hall–Kier alpha value is -0.820. The van der Waals surface area contributed by atoms with Crippen LogP contribution < -0.4 is 0 Å². The van der Waals surface area contributed by atoms with E-state index < -0.39 is 0 Å². The van der Waals surface area contributed by atoms with Crippen LogP contribution in [0, 0.1) is 0 Å². The molecule has 0 saturated heterocycles. The fraction of sp³-hybridized carbons (Fsp3) is 0.500. The summed E-state index contributed by atoms with van der Waals surface area (Å²) < 4.78 is 0. The third-order valence-corrected chi connectivity index (χ3v) is 2.42. The zero-order valence-corrected chi connectivity index (χ0v) is 8.71. The molecule has 0 bridgehead atoms. The van der Waals surface area contributed by atoms with Gasteiger partial charge in [-0.1, -0.05) is 31.7 Å². The summed E-state index contributed by atoms with van der Waals surface area (Å²) in [5.41, 5.74) is 2.86. The molecular formula is C12H19N. The Balaban J connectivity index is 2.77. The number of rotatable bonds is 3. The van der Waals surface area contributed by atoms with Gasteiger partial charge < -0.3 is 4.90 Å². The number of hydrogen-bond donors (Lipinski definition) is 0. The van der Waals surface area contributed by atoms with E-state index in [9.17, 15) is 0 Å². The standard InChI is InChI=1S/C12H19N/c1-4-6-7-12-10-13(3)9-8-11(12)5-2/h5-7H,2,4,8-10H2,1,3H3/b7-6-. The Bertz CT molecular complexity index is 236. The molecule has 0 atom stereocenters. The van der Waals surface area contributed by atoms with Gasteiger partial charge in [0.15, 0.2) is 0 Å². The van der Waals surface area contributed by atoms with Crippen molar-refractivity contribution in [3.05, 3.63) is 36.0 Å². The van der Waals surface area contributed by atoms with Crippen LogP contribution in [-0.4, -0.2) is 25.0 Å². The first kappa shape index (κ1) is 10.3. The van der Waals surface area contributed by atoms with E-state index in [4.69, 9.17) is 0 Å². The van der Waals surface area contributed by atoms with Gasteiger partial charge in [0, 0.05) is 13.1 Å². The highest BCUT2D eigenvalue weighted by molar-refractivity contribution is 5.35.